The number of hydrogen-bond acceptors (Lipinski definition) is 9. The Kier molecular flexibility index (Phi) is 9.01. The molecule has 0 unspecified atom stereocenters. The second-order valence-corrected chi connectivity index (χ2v) is 12.8. The van der Waals surface area contributed by atoms with E-state index in [0.29, 0.717) is 52.5 Å². The van der Waals surface area contributed by atoms with Gasteiger partial charge in [0.1, 0.15) is 41.8 Å². The molecule has 0 spiro atoms. The normalized spacial score (nSPS) is 12.0. The topological polar surface area (TPSA) is 130 Å². The highest BCUT2D eigenvalue weighted by atomic mass is 35.5. The largest absolute Gasteiger partial charge is 0.487 e. The predicted octanol–water partition coefficient (Wildman–Crippen LogP) is 7.64. The maximum absolute atomic E-state index is 13.5. The van der Waals surface area contributed by atoms with Crippen LogP contribution in [-0.2, 0) is 20.2 Å². The molecule has 0 radical (unpaired) electrons. The number of halogens is 2. The Balaban J connectivity index is 1.11. The van der Waals surface area contributed by atoms with E-state index in [1.807, 2.05) is 36.4 Å². The lowest BCUT2D eigenvalue weighted by molar-refractivity contribution is 0.306. The van der Waals surface area contributed by atoms with Crippen LogP contribution in [-0.4, -0.2) is 40.9 Å². The molecular formula is C32H30ClFN6O4S. The second kappa shape index (κ2) is 13.3. The van der Waals surface area contributed by atoms with Crippen LogP contribution in [0.4, 0.5) is 15.9 Å². The number of rotatable bonds is 12. The van der Waals surface area contributed by atoms with Crippen molar-refractivity contribution in [1.29, 1.82) is 0 Å². The van der Waals surface area contributed by atoms with Crippen molar-refractivity contribution in [3.63, 3.8) is 0 Å². The van der Waals surface area contributed by atoms with Gasteiger partial charge in [0, 0.05) is 42.6 Å². The third-order valence-corrected chi connectivity index (χ3v) is 9.04. The summed E-state index contributed by atoms with van der Waals surface area (Å²) < 4.78 is 47.9. The van der Waals surface area contributed by atoms with Gasteiger partial charge in [-0.25, -0.2) is 19.3 Å². The monoisotopic (exact) mass is 648 g/mol. The van der Waals surface area contributed by atoms with E-state index >= 15 is 0 Å². The number of anilines is 2. The fraction of sp³-hybridized carbons (Fsp3) is 0.156. The fourth-order valence-corrected chi connectivity index (χ4v) is 6.34. The van der Waals surface area contributed by atoms with Crippen molar-refractivity contribution >= 4 is 44.6 Å². The van der Waals surface area contributed by atoms with Crippen LogP contribution in [0, 0.1) is 5.82 Å². The summed E-state index contributed by atoms with van der Waals surface area (Å²) >= 11 is 6.50. The Morgan fingerprint density at radius 3 is 2.71 bits per heavy atom. The zero-order valence-corrected chi connectivity index (χ0v) is 25.7. The summed E-state index contributed by atoms with van der Waals surface area (Å²) in [6, 6.07) is 21.1. The molecule has 0 aliphatic rings. The van der Waals surface area contributed by atoms with Crippen molar-refractivity contribution in [1.82, 2.24) is 24.8 Å². The van der Waals surface area contributed by atoms with Crippen LogP contribution in [0.2, 0.25) is 5.02 Å². The van der Waals surface area contributed by atoms with Crippen LogP contribution in [0.3, 0.4) is 0 Å². The molecule has 45 heavy (non-hydrogen) atoms. The molecule has 0 amide bonds. The van der Waals surface area contributed by atoms with Gasteiger partial charge in [-0.1, -0.05) is 23.7 Å². The third-order valence-electron chi connectivity index (χ3n) is 6.99. The minimum atomic E-state index is -2.99. The Bertz CT molecular complexity index is 1950. The van der Waals surface area contributed by atoms with Crippen LogP contribution in [0.25, 0.3) is 22.2 Å². The van der Waals surface area contributed by atoms with E-state index in [1.165, 1.54) is 18.5 Å². The summed E-state index contributed by atoms with van der Waals surface area (Å²) in [6.45, 7) is 0.979. The van der Waals surface area contributed by atoms with E-state index in [9.17, 15) is 13.5 Å². The summed E-state index contributed by atoms with van der Waals surface area (Å²) in [7, 11) is -1.26. The van der Waals surface area contributed by atoms with Crippen molar-refractivity contribution in [2.45, 2.75) is 18.3 Å². The lowest BCUT2D eigenvalue weighted by atomic mass is 10.1. The van der Waals surface area contributed by atoms with Gasteiger partial charge in [0.2, 0.25) is 5.16 Å². The molecule has 0 atom stereocenters. The summed E-state index contributed by atoms with van der Waals surface area (Å²) in [5, 5.41) is 7.97. The molecule has 10 nitrogen and oxygen atoms in total. The minimum Gasteiger partial charge on any atom is -0.487 e. The van der Waals surface area contributed by atoms with Gasteiger partial charge in [-0.15, -0.1) is 10.6 Å². The fourth-order valence-electron chi connectivity index (χ4n) is 4.74. The summed E-state index contributed by atoms with van der Waals surface area (Å²) in [5.74, 6) is 2.26. The molecule has 0 aliphatic heterocycles. The molecule has 3 aromatic carbocycles. The highest BCUT2D eigenvalue weighted by Gasteiger charge is 2.20. The van der Waals surface area contributed by atoms with Crippen LogP contribution >= 0.6 is 22.2 Å². The van der Waals surface area contributed by atoms with E-state index < -0.39 is 10.6 Å². The number of benzene rings is 3. The zero-order chi connectivity index (χ0) is 31.4. The first-order chi connectivity index (χ1) is 21.7. The molecule has 0 bridgehead atoms. The maximum atomic E-state index is 13.5. The van der Waals surface area contributed by atoms with Crippen molar-refractivity contribution in [3.05, 3.63) is 114 Å². The Hall–Kier alpha value is -4.46. The zero-order valence-electron chi connectivity index (χ0n) is 24.2. The Morgan fingerprint density at radius 1 is 1.02 bits per heavy atom. The van der Waals surface area contributed by atoms with Crippen LogP contribution in [0.1, 0.15) is 11.3 Å². The van der Waals surface area contributed by atoms with Gasteiger partial charge in [0.25, 0.3) is 0 Å². The van der Waals surface area contributed by atoms with Gasteiger partial charge in [0.15, 0.2) is 0 Å². The van der Waals surface area contributed by atoms with Gasteiger partial charge in [-0.05, 0) is 66.2 Å². The number of nitrogens with one attached hydrogen (secondary N) is 2. The van der Waals surface area contributed by atoms with E-state index in [1.54, 1.807) is 48.3 Å². The van der Waals surface area contributed by atoms with Gasteiger partial charge < -0.3 is 24.4 Å². The van der Waals surface area contributed by atoms with E-state index in [4.69, 9.17) is 20.8 Å². The van der Waals surface area contributed by atoms with Crippen LogP contribution < -0.4 is 15.4 Å². The van der Waals surface area contributed by atoms with Crippen molar-refractivity contribution < 1.29 is 22.6 Å². The van der Waals surface area contributed by atoms with Crippen molar-refractivity contribution in [2.24, 2.45) is 7.05 Å². The highest BCUT2D eigenvalue weighted by Crippen LogP contribution is 2.45. The van der Waals surface area contributed by atoms with E-state index in [-0.39, 0.29) is 23.3 Å². The molecular weight excluding hydrogens is 619 g/mol. The first-order valence-electron chi connectivity index (χ1n) is 14.0. The quantitative estimate of drug-likeness (QED) is 0.0989. The number of furan rings is 1. The highest BCUT2D eigenvalue weighted by molar-refractivity contribution is 8.24. The van der Waals surface area contributed by atoms with Gasteiger partial charge in [-0.2, -0.15) is 0 Å². The van der Waals surface area contributed by atoms with Gasteiger partial charge in [0.05, 0.1) is 22.8 Å². The molecule has 4 N–H and O–H groups in total. The first kappa shape index (κ1) is 30.6. The number of imidazole rings is 1. The SMILES string of the molecule is Cn1ccnc1S(O)(O)CCNCc1ccc(-c2ccc3ncnc(Nc4ccc(OCc5cccc(F)c5)c(Cl)c4)c3c2)o1. The molecule has 3 heterocycles. The van der Waals surface area contributed by atoms with Gasteiger partial charge in [-0.3, -0.25) is 9.11 Å². The third kappa shape index (κ3) is 7.27. The van der Waals surface area contributed by atoms with E-state index in [0.717, 1.165) is 16.5 Å². The number of aryl methyl sites for hydroxylation is 1. The summed E-state index contributed by atoms with van der Waals surface area (Å²) in [5.41, 5.74) is 3.00. The number of hydrogen-bond donors (Lipinski definition) is 4. The lowest BCUT2D eigenvalue weighted by Crippen LogP contribution is -2.22. The molecule has 6 aromatic rings. The molecule has 13 heteroatoms. The van der Waals surface area contributed by atoms with Crippen molar-refractivity contribution in [2.75, 3.05) is 17.6 Å². The standard InChI is InChI=1S/C32H30ClFN6O4S/c1-40-13-11-36-32(40)45(41,42)14-12-35-18-25-7-10-29(44-25)22-5-8-28-26(16-22)31(38-20-37-28)39-24-6-9-30(27(33)17-24)43-19-21-3-2-4-23(34)15-21/h2-11,13,15-17,20,35,41-42H,12,14,18-19H2,1H3,(H,37,38,39). The summed E-state index contributed by atoms with van der Waals surface area (Å²) in [6.07, 6.45) is 4.71. The minimum absolute atomic E-state index is 0.141. The Morgan fingerprint density at radius 2 is 1.91 bits per heavy atom. The summed E-state index contributed by atoms with van der Waals surface area (Å²) in [4.78, 5) is 12.9. The average Bonchev–Trinajstić information content (AvgIpc) is 3.69. The smallest absolute Gasteiger partial charge is 0.221 e. The second-order valence-electron chi connectivity index (χ2n) is 10.3. The number of aromatic nitrogens is 4. The molecule has 0 saturated carbocycles. The maximum Gasteiger partial charge on any atom is 0.221 e. The molecule has 3 aromatic heterocycles. The number of nitrogens with zero attached hydrogens (tertiary/aromatic N) is 4. The molecule has 6 rings (SSSR count). The number of ether oxygens (including phenoxy) is 1. The van der Waals surface area contributed by atoms with Crippen LogP contribution in [0.15, 0.2) is 101 Å². The Labute approximate surface area is 265 Å². The molecule has 232 valence electrons. The lowest BCUT2D eigenvalue weighted by Gasteiger charge is -2.30. The van der Waals surface area contributed by atoms with Gasteiger partial charge >= 0.3 is 0 Å². The van der Waals surface area contributed by atoms with Crippen LogP contribution in [0.5, 0.6) is 5.75 Å². The van der Waals surface area contributed by atoms with E-state index in [2.05, 4.69) is 25.6 Å². The molecule has 0 saturated heterocycles. The van der Waals surface area contributed by atoms with Crippen molar-refractivity contribution in [3.8, 4) is 17.1 Å². The molecule has 0 aliphatic carbocycles. The first-order valence-corrected chi connectivity index (χ1v) is 16.1. The number of fused-ring (bicyclic) bond motifs is 1. The molecule has 0 fully saturated rings. The average molecular weight is 649 g/mol. The predicted molar refractivity (Wildman–Crippen MR) is 174 cm³/mol.